The van der Waals surface area contributed by atoms with E-state index in [1.807, 2.05) is 18.2 Å². The second kappa shape index (κ2) is 8.25. The van der Waals surface area contributed by atoms with Crippen molar-refractivity contribution in [2.75, 3.05) is 24.8 Å². The lowest BCUT2D eigenvalue weighted by molar-refractivity contribution is -0.117. The van der Waals surface area contributed by atoms with Gasteiger partial charge < -0.3 is 15.4 Å². The van der Waals surface area contributed by atoms with Crippen molar-refractivity contribution in [3.05, 3.63) is 53.6 Å². The average molecular weight is 387 g/mol. The summed E-state index contributed by atoms with van der Waals surface area (Å²) in [5.41, 5.74) is 2.39. The highest BCUT2D eigenvalue weighted by Crippen LogP contribution is 2.31. The molecule has 0 unspecified atom stereocenters. The normalized spacial score (nSPS) is 12.9. The van der Waals surface area contributed by atoms with Crippen LogP contribution in [0.15, 0.2) is 36.8 Å². The van der Waals surface area contributed by atoms with Crippen LogP contribution in [0.3, 0.4) is 0 Å². The maximum absolute atomic E-state index is 12.1. The minimum atomic E-state index is 0.0210. The largest absolute Gasteiger partial charge is 0.380 e. The molecule has 0 aliphatic heterocycles. The van der Waals surface area contributed by atoms with E-state index in [0.29, 0.717) is 23.9 Å². The molecular formula is C22H21N5O2. The van der Waals surface area contributed by atoms with Crippen LogP contribution in [0, 0.1) is 17.8 Å². The van der Waals surface area contributed by atoms with Crippen LogP contribution in [0.5, 0.6) is 0 Å². The van der Waals surface area contributed by atoms with E-state index >= 15 is 0 Å². The number of ether oxygens (including phenoxy) is 1. The van der Waals surface area contributed by atoms with E-state index in [1.54, 1.807) is 32.7 Å². The summed E-state index contributed by atoms with van der Waals surface area (Å²) in [6.07, 6.45) is 7.07. The number of methoxy groups -OCH3 is 1. The van der Waals surface area contributed by atoms with Crippen LogP contribution in [0.4, 0.5) is 11.6 Å². The molecule has 1 amide bonds. The van der Waals surface area contributed by atoms with Crippen molar-refractivity contribution in [3.8, 4) is 11.8 Å². The molecule has 2 N–H and O–H groups in total. The highest BCUT2D eigenvalue weighted by Gasteiger charge is 2.29. The smallest absolute Gasteiger partial charge is 0.228 e. The van der Waals surface area contributed by atoms with Gasteiger partial charge in [0, 0.05) is 49.4 Å². The Morgan fingerprint density at radius 3 is 2.69 bits per heavy atom. The van der Waals surface area contributed by atoms with Gasteiger partial charge in [-0.2, -0.15) is 0 Å². The molecule has 3 aromatic rings. The standard InChI is InChI=1S/C22H21N5O2/c1-23-21-19-12-25-20(27-22(28)15-4-5-15)9-18(19)16(11-26-21)6-8-17-7-3-14(10-24-17)13-29-2/h3,7,9-12,15H,4-5,13H2,1-2H3,(H,23,26)(H,25,27,28). The minimum absolute atomic E-state index is 0.0210. The molecule has 1 aliphatic carbocycles. The Bertz CT molecular complexity index is 1110. The summed E-state index contributed by atoms with van der Waals surface area (Å²) in [7, 11) is 3.46. The number of amides is 1. The first-order valence-corrected chi connectivity index (χ1v) is 9.41. The molecule has 4 rings (SSSR count). The number of nitrogens with zero attached hydrogens (tertiary/aromatic N) is 3. The molecule has 3 heterocycles. The molecule has 3 aromatic heterocycles. The number of anilines is 2. The van der Waals surface area contributed by atoms with E-state index < -0.39 is 0 Å². The quantitative estimate of drug-likeness (QED) is 0.655. The monoisotopic (exact) mass is 387 g/mol. The summed E-state index contributed by atoms with van der Waals surface area (Å²) in [6.45, 7) is 0.517. The van der Waals surface area contributed by atoms with Gasteiger partial charge in [-0.15, -0.1) is 0 Å². The van der Waals surface area contributed by atoms with Gasteiger partial charge in [0.2, 0.25) is 5.91 Å². The molecule has 7 heteroatoms. The average Bonchev–Trinajstić information content (AvgIpc) is 3.59. The number of nitrogens with one attached hydrogen (secondary N) is 2. The Balaban J connectivity index is 1.68. The number of hydrogen-bond donors (Lipinski definition) is 2. The lowest BCUT2D eigenvalue weighted by atomic mass is 10.1. The maximum Gasteiger partial charge on any atom is 0.228 e. The third-order valence-corrected chi connectivity index (χ3v) is 4.67. The molecule has 0 spiro atoms. The van der Waals surface area contributed by atoms with Crippen molar-refractivity contribution in [2.45, 2.75) is 19.4 Å². The van der Waals surface area contributed by atoms with Crippen molar-refractivity contribution in [2.24, 2.45) is 5.92 Å². The third kappa shape index (κ3) is 4.33. The highest BCUT2D eigenvalue weighted by atomic mass is 16.5. The van der Waals surface area contributed by atoms with Gasteiger partial charge in [-0.1, -0.05) is 12.0 Å². The summed E-state index contributed by atoms with van der Waals surface area (Å²) in [6, 6.07) is 5.65. The van der Waals surface area contributed by atoms with Crippen molar-refractivity contribution < 1.29 is 9.53 Å². The van der Waals surface area contributed by atoms with Gasteiger partial charge in [0.1, 0.15) is 17.3 Å². The van der Waals surface area contributed by atoms with Crippen LogP contribution in [0.2, 0.25) is 0 Å². The first-order valence-electron chi connectivity index (χ1n) is 9.41. The number of rotatable bonds is 5. The van der Waals surface area contributed by atoms with Crippen LogP contribution < -0.4 is 10.6 Å². The summed E-state index contributed by atoms with van der Waals surface area (Å²) in [4.78, 5) is 25.2. The summed E-state index contributed by atoms with van der Waals surface area (Å²) < 4.78 is 5.10. The van der Waals surface area contributed by atoms with E-state index in [-0.39, 0.29) is 11.8 Å². The number of carbonyl (C=O) groups excluding carboxylic acids is 1. The fourth-order valence-corrected chi connectivity index (χ4v) is 2.96. The molecule has 1 fully saturated rings. The second-order valence-electron chi connectivity index (χ2n) is 6.88. The van der Waals surface area contributed by atoms with E-state index in [4.69, 9.17) is 4.74 Å². The van der Waals surface area contributed by atoms with Gasteiger partial charge >= 0.3 is 0 Å². The Morgan fingerprint density at radius 2 is 2.00 bits per heavy atom. The first-order chi connectivity index (χ1) is 14.2. The van der Waals surface area contributed by atoms with Crippen molar-refractivity contribution in [3.63, 3.8) is 0 Å². The van der Waals surface area contributed by atoms with Crippen LogP contribution in [-0.4, -0.2) is 35.0 Å². The fraction of sp³-hybridized carbons (Fsp3) is 0.273. The van der Waals surface area contributed by atoms with Crippen LogP contribution in [0.25, 0.3) is 10.8 Å². The number of aromatic nitrogens is 3. The number of fused-ring (bicyclic) bond motifs is 1. The first kappa shape index (κ1) is 18.8. The van der Waals surface area contributed by atoms with E-state index in [1.165, 1.54) is 0 Å². The topological polar surface area (TPSA) is 89.0 Å². The Morgan fingerprint density at radius 1 is 1.14 bits per heavy atom. The zero-order chi connectivity index (χ0) is 20.2. The number of hydrogen-bond acceptors (Lipinski definition) is 6. The van der Waals surface area contributed by atoms with Crippen molar-refractivity contribution in [1.29, 1.82) is 0 Å². The molecular weight excluding hydrogens is 366 g/mol. The Kier molecular flexibility index (Phi) is 5.36. The molecule has 0 bridgehead atoms. The van der Waals surface area contributed by atoms with Crippen molar-refractivity contribution in [1.82, 2.24) is 15.0 Å². The number of carbonyl (C=O) groups is 1. The highest BCUT2D eigenvalue weighted by molar-refractivity contribution is 5.99. The molecule has 1 saturated carbocycles. The van der Waals surface area contributed by atoms with Crippen LogP contribution in [0.1, 0.15) is 29.7 Å². The maximum atomic E-state index is 12.1. The summed E-state index contributed by atoms with van der Waals surface area (Å²) in [5.74, 6) is 7.59. The van der Waals surface area contributed by atoms with Gasteiger partial charge in [-0.25, -0.2) is 15.0 Å². The van der Waals surface area contributed by atoms with Crippen LogP contribution in [-0.2, 0) is 16.1 Å². The molecule has 0 aromatic carbocycles. The summed E-state index contributed by atoms with van der Waals surface area (Å²) >= 11 is 0. The van der Waals surface area contributed by atoms with E-state index in [2.05, 4.69) is 37.4 Å². The molecule has 1 aliphatic rings. The number of pyridine rings is 3. The lowest BCUT2D eigenvalue weighted by Gasteiger charge is -2.09. The predicted octanol–water partition coefficient (Wildman–Crippen LogP) is 2.96. The van der Waals surface area contributed by atoms with E-state index in [0.717, 1.165) is 34.7 Å². The molecule has 0 atom stereocenters. The molecule has 7 nitrogen and oxygen atoms in total. The molecule has 29 heavy (non-hydrogen) atoms. The van der Waals surface area contributed by atoms with Crippen molar-refractivity contribution >= 4 is 28.3 Å². The Hall–Kier alpha value is -3.50. The van der Waals surface area contributed by atoms with Gasteiger partial charge in [-0.3, -0.25) is 4.79 Å². The van der Waals surface area contributed by atoms with Gasteiger partial charge in [-0.05, 0) is 36.5 Å². The fourth-order valence-electron chi connectivity index (χ4n) is 2.96. The zero-order valence-electron chi connectivity index (χ0n) is 16.3. The molecule has 0 radical (unpaired) electrons. The SMILES string of the molecule is CNc1ncc(C#Cc2ccc(COC)cn2)c2cc(NC(=O)C3CC3)ncc12. The molecule has 146 valence electrons. The zero-order valence-corrected chi connectivity index (χ0v) is 16.3. The van der Waals surface area contributed by atoms with Gasteiger partial charge in [0.05, 0.1) is 12.2 Å². The predicted molar refractivity (Wildman–Crippen MR) is 111 cm³/mol. The summed E-state index contributed by atoms with van der Waals surface area (Å²) in [5, 5.41) is 7.67. The second-order valence-corrected chi connectivity index (χ2v) is 6.88. The minimum Gasteiger partial charge on any atom is -0.380 e. The van der Waals surface area contributed by atoms with E-state index in [9.17, 15) is 4.79 Å². The third-order valence-electron chi connectivity index (χ3n) is 4.67. The van der Waals surface area contributed by atoms with Gasteiger partial charge in [0.25, 0.3) is 0 Å². The van der Waals surface area contributed by atoms with Gasteiger partial charge in [0.15, 0.2) is 0 Å². The van der Waals surface area contributed by atoms with Crippen LogP contribution >= 0.6 is 0 Å². The lowest BCUT2D eigenvalue weighted by Crippen LogP contribution is -2.14. The Labute approximate surface area is 168 Å². The molecule has 0 saturated heterocycles.